The normalized spacial score (nSPS) is 10.5. The van der Waals surface area contributed by atoms with Crippen molar-refractivity contribution in [1.82, 2.24) is 4.98 Å². The van der Waals surface area contributed by atoms with Gasteiger partial charge in [0.15, 0.2) is 5.13 Å². The van der Waals surface area contributed by atoms with Crippen molar-refractivity contribution in [1.29, 1.82) is 0 Å². The van der Waals surface area contributed by atoms with E-state index < -0.39 is 4.92 Å². The number of nitrogens with one attached hydrogen (secondary N) is 1. The van der Waals surface area contributed by atoms with Gasteiger partial charge in [-0.15, -0.1) is 11.3 Å². The third-order valence-corrected chi connectivity index (χ3v) is 4.44. The number of thiazole rings is 1. The van der Waals surface area contributed by atoms with E-state index in [1.807, 2.05) is 30.5 Å². The summed E-state index contributed by atoms with van der Waals surface area (Å²) in [6, 6.07) is 12.1. The molecule has 1 aromatic heterocycles. The number of anilines is 2. The lowest BCUT2D eigenvalue weighted by Gasteiger charge is -2.04. The van der Waals surface area contributed by atoms with Crippen molar-refractivity contribution in [3.63, 3.8) is 0 Å². The fourth-order valence-corrected chi connectivity index (χ4v) is 2.96. The standard InChI is InChI=1S/C16H12ClN3O2S/c1-10-5-6-12(8-14(10)17)18-16-19-15(9-23-16)11-3-2-4-13(7-11)20(21)22/h2-9H,1H3,(H,18,19). The summed E-state index contributed by atoms with van der Waals surface area (Å²) in [6.45, 7) is 1.94. The number of non-ortho nitro benzene ring substituents is 1. The van der Waals surface area contributed by atoms with E-state index in [2.05, 4.69) is 10.3 Å². The van der Waals surface area contributed by atoms with Gasteiger partial charge in [0.2, 0.25) is 0 Å². The SMILES string of the molecule is Cc1ccc(Nc2nc(-c3cccc([N+](=O)[O-])c3)cs2)cc1Cl. The van der Waals surface area contributed by atoms with Crippen LogP contribution in [0.3, 0.4) is 0 Å². The molecule has 5 nitrogen and oxygen atoms in total. The lowest BCUT2D eigenvalue weighted by molar-refractivity contribution is -0.384. The number of benzene rings is 2. The molecule has 0 spiro atoms. The molecule has 3 aromatic rings. The second-order valence-corrected chi connectivity index (χ2v) is 6.20. The highest BCUT2D eigenvalue weighted by Gasteiger charge is 2.10. The third kappa shape index (κ3) is 3.49. The number of hydrogen-bond donors (Lipinski definition) is 1. The number of aryl methyl sites for hydroxylation is 1. The number of nitrogens with zero attached hydrogens (tertiary/aromatic N) is 2. The second-order valence-electron chi connectivity index (χ2n) is 4.93. The average molecular weight is 346 g/mol. The van der Waals surface area contributed by atoms with Crippen LogP contribution in [0.5, 0.6) is 0 Å². The highest BCUT2D eigenvalue weighted by molar-refractivity contribution is 7.14. The fraction of sp³-hybridized carbons (Fsp3) is 0.0625. The lowest BCUT2D eigenvalue weighted by Crippen LogP contribution is -1.91. The molecule has 0 aliphatic carbocycles. The summed E-state index contributed by atoms with van der Waals surface area (Å²) in [6.07, 6.45) is 0. The van der Waals surface area contributed by atoms with Crippen molar-refractivity contribution in [2.24, 2.45) is 0 Å². The summed E-state index contributed by atoms with van der Waals surface area (Å²) in [7, 11) is 0. The maximum absolute atomic E-state index is 10.9. The Morgan fingerprint density at radius 1 is 1.26 bits per heavy atom. The molecule has 0 fully saturated rings. The van der Waals surface area contributed by atoms with Gasteiger partial charge in [0.1, 0.15) is 0 Å². The number of hydrogen-bond acceptors (Lipinski definition) is 5. The summed E-state index contributed by atoms with van der Waals surface area (Å²) in [5, 5.41) is 17.3. The number of halogens is 1. The molecule has 0 saturated carbocycles. The van der Waals surface area contributed by atoms with Gasteiger partial charge in [-0.25, -0.2) is 4.98 Å². The molecule has 116 valence electrons. The Bertz CT molecular complexity index is 879. The van der Waals surface area contributed by atoms with Crippen molar-refractivity contribution >= 4 is 39.4 Å². The van der Waals surface area contributed by atoms with Crippen LogP contribution >= 0.6 is 22.9 Å². The van der Waals surface area contributed by atoms with Crippen LogP contribution in [0.4, 0.5) is 16.5 Å². The van der Waals surface area contributed by atoms with E-state index in [-0.39, 0.29) is 5.69 Å². The van der Waals surface area contributed by atoms with E-state index in [1.54, 1.807) is 12.1 Å². The van der Waals surface area contributed by atoms with Crippen LogP contribution in [-0.4, -0.2) is 9.91 Å². The molecule has 3 rings (SSSR count). The van der Waals surface area contributed by atoms with Gasteiger partial charge in [0.25, 0.3) is 5.69 Å². The minimum atomic E-state index is -0.413. The number of nitro benzene ring substituents is 1. The molecule has 0 unspecified atom stereocenters. The Kier molecular flexibility index (Phi) is 4.27. The molecule has 0 radical (unpaired) electrons. The Morgan fingerprint density at radius 3 is 2.83 bits per heavy atom. The zero-order valence-corrected chi connectivity index (χ0v) is 13.7. The van der Waals surface area contributed by atoms with Crippen molar-refractivity contribution in [3.05, 3.63) is 68.5 Å². The van der Waals surface area contributed by atoms with Gasteiger partial charge >= 0.3 is 0 Å². The molecule has 0 aliphatic heterocycles. The van der Waals surface area contributed by atoms with Crippen LogP contribution in [0.2, 0.25) is 5.02 Å². The summed E-state index contributed by atoms with van der Waals surface area (Å²) >= 11 is 7.54. The van der Waals surface area contributed by atoms with E-state index in [4.69, 9.17) is 11.6 Å². The highest BCUT2D eigenvalue weighted by atomic mass is 35.5. The monoisotopic (exact) mass is 345 g/mol. The van der Waals surface area contributed by atoms with Crippen molar-refractivity contribution in [2.45, 2.75) is 6.92 Å². The Balaban J connectivity index is 1.84. The summed E-state index contributed by atoms with van der Waals surface area (Å²) in [5.41, 5.74) is 3.31. The van der Waals surface area contributed by atoms with Crippen LogP contribution in [0.1, 0.15) is 5.56 Å². The van der Waals surface area contributed by atoms with E-state index >= 15 is 0 Å². The molecule has 0 aliphatic rings. The van der Waals surface area contributed by atoms with Crippen LogP contribution in [0.25, 0.3) is 11.3 Å². The number of nitro groups is 1. The van der Waals surface area contributed by atoms with Gasteiger partial charge in [0, 0.05) is 33.8 Å². The first-order valence-electron chi connectivity index (χ1n) is 6.76. The predicted octanol–water partition coefficient (Wildman–Crippen LogP) is 5.42. The fourth-order valence-electron chi connectivity index (χ4n) is 2.04. The minimum Gasteiger partial charge on any atom is -0.331 e. The van der Waals surface area contributed by atoms with Gasteiger partial charge in [0.05, 0.1) is 10.6 Å². The molecule has 0 amide bonds. The molecule has 1 heterocycles. The molecular weight excluding hydrogens is 334 g/mol. The molecule has 2 aromatic carbocycles. The maximum Gasteiger partial charge on any atom is 0.270 e. The molecule has 0 atom stereocenters. The van der Waals surface area contributed by atoms with Crippen LogP contribution in [0.15, 0.2) is 47.8 Å². The zero-order chi connectivity index (χ0) is 16.4. The zero-order valence-electron chi connectivity index (χ0n) is 12.1. The highest BCUT2D eigenvalue weighted by Crippen LogP contribution is 2.30. The number of rotatable bonds is 4. The van der Waals surface area contributed by atoms with E-state index in [0.717, 1.165) is 11.3 Å². The van der Waals surface area contributed by atoms with Crippen LogP contribution in [0, 0.1) is 17.0 Å². The Labute approximate surface area is 141 Å². The van der Waals surface area contributed by atoms with Crippen LogP contribution in [-0.2, 0) is 0 Å². The van der Waals surface area contributed by atoms with E-state index in [9.17, 15) is 10.1 Å². The largest absolute Gasteiger partial charge is 0.331 e. The summed E-state index contributed by atoms with van der Waals surface area (Å²) in [4.78, 5) is 14.9. The Hall–Kier alpha value is -2.44. The first-order valence-corrected chi connectivity index (χ1v) is 8.02. The van der Waals surface area contributed by atoms with Crippen molar-refractivity contribution in [3.8, 4) is 11.3 Å². The van der Waals surface area contributed by atoms with Gasteiger partial charge in [-0.1, -0.05) is 29.8 Å². The molecule has 23 heavy (non-hydrogen) atoms. The third-order valence-electron chi connectivity index (χ3n) is 3.28. The number of aromatic nitrogens is 1. The first kappa shape index (κ1) is 15.5. The second kappa shape index (κ2) is 6.36. The predicted molar refractivity (Wildman–Crippen MR) is 93.7 cm³/mol. The van der Waals surface area contributed by atoms with E-state index in [1.165, 1.54) is 23.5 Å². The first-order chi connectivity index (χ1) is 11.0. The van der Waals surface area contributed by atoms with Gasteiger partial charge < -0.3 is 5.32 Å². The summed E-state index contributed by atoms with van der Waals surface area (Å²) < 4.78 is 0. The van der Waals surface area contributed by atoms with Gasteiger partial charge in [-0.2, -0.15) is 0 Å². The molecular formula is C16H12ClN3O2S. The molecule has 0 bridgehead atoms. The van der Waals surface area contributed by atoms with E-state index in [0.29, 0.717) is 21.4 Å². The topological polar surface area (TPSA) is 68.1 Å². The van der Waals surface area contributed by atoms with Gasteiger partial charge in [-0.3, -0.25) is 10.1 Å². The Morgan fingerprint density at radius 2 is 2.09 bits per heavy atom. The molecule has 1 N–H and O–H groups in total. The molecule has 7 heteroatoms. The minimum absolute atomic E-state index is 0.0512. The van der Waals surface area contributed by atoms with Crippen LogP contribution < -0.4 is 5.32 Å². The smallest absolute Gasteiger partial charge is 0.270 e. The maximum atomic E-state index is 10.9. The summed E-state index contributed by atoms with van der Waals surface area (Å²) in [5.74, 6) is 0. The van der Waals surface area contributed by atoms with Crippen molar-refractivity contribution in [2.75, 3.05) is 5.32 Å². The quantitative estimate of drug-likeness (QED) is 0.506. The van der Waals surface area contributed by atoms with Gasteiger partial charge in [-0.05, 0) is 24.6 Å². The molecule has 0 saturated heterocycles. The average Bonchev–Trinajstić information content (AvgIpc) is 2.99. The van der Waals surface area contributed by atoms with Crippen molar-refractivity contribution < 1.29 is 4.92 Å². The lowest BCUT2D eigenvalue weighted by atomic mass is 10.1.